The van der Waals surface area contributed by atoms with Crippen molar-refractivity contribution in [3.05, 3.63) is 10.4 Å². The van der Waals surface area contributed by atoms with Crippen molar-refractivity contribution in [2.75, 3.05) is 19.8 Å². The van der Waals surface area contributed by atoms with Crippen molar-refractivity contribution >= 4 is 8.07 Å². The fourth-order valence-corrected chi connectivity index (χ4v) is 1.39. The van der Waals surface area contributed by atoms with Crippen LogP contribution in [0.3, 0.4) is 0 Å². The predicted molar refractivity (Wildman–Crippen MR) is 53.0 cm³/mol. The molecule has 12 heavy (non-hydrogen) atoms. The highest BCUT2D eigenvalue weighted by Gasteiger charge is 2.11. The second kappa shape index (κ2) is 6.05. The molecule has 0 fully saturated rings. The third-order valence-electron chi connectivity index (χ3n) is 1.40. The van der Waals surface area contributed by atoms with Crippen LogP contribution in [-0.2, 0) is 4.74 Å². The number of hydrogen-bond acceptors (Lipinski definition) is 2. The van der Waals surface area contributed by atoms with E-state index in [1.807, 2.05) is 0 Å². The molecular formula is C7H17N3OSi. The maximum atomic E-state index is 7.96. The van der Waals surface area contributed by atoms with E-state index in [-0.39, 0.29) is 0 Å². The summed E-state index contributed by atoms with van der Waals surface area (Å²) < 4.78 is 5.28. The summed E-state index contributed by atoms with van der Waals surface area (Å²) in [6.07, 6.45) is 0. The van der Waals surface area contributed by atoms with Crippen LogP contribution in [0.15, 0.2) is 5.11 Å². The van der Waals surface area contributed by atoms with Gasteiger partial charge in [0.2, 0.25) is 0 Å². The highest BCUT2D eigenvalue weighted by Crippen LogP contribution is 2.07. The van der Waals surface area contributed by atoms with Crippen molar-refractivity contribution in [3.63, 3.8) is 0 Å². The molecule has 70 valence electrons. The molecule has 0 aromatic heterocycles. The SMILES string of the molecule is C[Si](C)(C)CCOCCN=[N+]=[N-]. The first-order chi connectivity index (χ1) is 5.56. The minimum absolute atomic E-state index is 0.447. The minimum Gasteiger partial charge on any atom is -0.382 e. The number of azide groups is 1. The molecule has 0 heterocycles. The van der Waals surface area contributed by atoms with E-state index in [9.17, 15) is 0 Å². The van der Waals surface area contributed by atoms with Crippen LogP contribution in [0.1, 0.15) is 0 Å². The second-order valence-corrected chi connectivity index (χ2v) is 9.50. The maximum absolute atomic E-state index is 7.96. The Kier molecular flexibility index (Phi) is 5.79. The highest BCUT2D eigenvalue weighted by molar-refractivity contribution is 6.76. The van der Waals surface area contributed by atoms with Crippen LogP contribution in [-0.4, -0.2) is 27.8 Å². The molecule has 0 radical (unpaired) electrons. The van der Waals surface area contributed by atoms with E-state index in [2.05, 4.69) is 29.7 Å². The molecule has 0 saturated carbocycles. The summed E-state index contributed by atoms with van der Waals surface area (Å²) in [5.41, 5.74) is 7.96. The molecule has 0 aromatic carbocycles. The van der Waals surface area contributed by atoms with E-state index in [0.717, 1.165) is 6.61 Å². The zero-order valence-corrected chi connectivity index (χ0v) is 9.08. The Labute approximate surface area is 74.6 Å². The van der Waals surface area contributed by atoms with Gasteiger partial charge in [-0.3, -0.25) is 0 Å². The van der Waals surface area contributed by atoms with Crippen molar-refractivity contribution in [1.82, 2.24) is 0 Å². The zero-order valence-electron chi connectivity index (χ0n) is 8.08. The van der Waals surface area contributed by atoms with Gasteiger partial charge in [-0.1, -0.05) is 24.8 Å². The van der Waals surface area contributed by atoms with Crippen molar-refractivity contribution in [2.24, 2.45) is 5.11 Å². The molecular weight excluding hydrogens is 170 g/mol. The first kappa shape index (κ1) is 11.5. The van der Waals surface area contributed by atoms with Gasteiger partial charge in [0, 0.05) is 26.1 Å². The molecule has 0 unspecified atom stereocenters. The van der Waals surface area contributed by atoms with Gasteiger partial charge in [-0.2, -0.15) is 0 Å². The van der Waals surface area contributed by atoms with Crippen LogP contribution in [0.5, 0.6) is 0 Å². The van der Waals surface area contributed by atoms with Crippen LogP contribution in [0, 0.1) is 0 Å². The topological polar surface area (TPSA) is 58.0 Å². The summed E-state index contributed by atoms with van der Waals surface area (Å²) in [7, 11) is -0.954. The Morgan fingerprint density at radius 3 is 2.50 bits per heavy atom. The summed E-state index contributed by atoms with van der Waals surface area (Å²) in [6, 6.07) is 1.17. The fraction of sp³-hybridized carbons (Fsp3) is 1.00. The first-order valence-corrected chi connectivity index (χ1v) is 7.85. The Bertz CT molecular complexity index is 161. The average molecular weight is 187 g/mol. The lowest BCUT2D eigenvalue weighted by Crippen LogP contribution is -2.21. The molecule has 0 saturated heterocycles. The quantitative estimate of drug-likeness (QED) is 0.207. The van der Waals surface area contributed by atoms with E-state index in [1.54, 1.807) is 0 Å². The second-order valence-electron chi connectivity index (χ2n) is 3.88. The first-order valence-electron chi connectivity index (χ1n) is 4.15. The molecule has 0 aliphatic carbocycles. The lowest BCUT2D eigenvalue weighted by atomic mass is 10.7. The molecule has 4 nitrogen and oxygen atoms in total. The standard InChI is InChI=1S/C7H17N3OSi/c1-12(2,3)7-6-11-5-4-9-10-8/h4-7H2,1-3H3. The monoisotopic (exact) mass is 187 g/mol. The average Bonchev–Trinajstić information content (AvgIpc) is 1.94. The molecule has 0 atom stereocenters. The van der Waals surface area contributed by atoms with Crippen molar-refractivity contribution < 1.29 is 4.74 Å². The third-order valence-corrected chi connectivity index (χ3v) is 3.10. The smallest absolute Gasteiger partial charge is 0.0522 e. The van der Waals surface area contributed by atoms with E-state index in [0.29, 0.717) is 13.2 Å². The Hall–Kier alpha value is -0.513. The summed E-state index contributed by atoms with van der Waals surface area (Å²) >= 11 is 0. The molecule has 0 spiro atoms. The van der Waals surface area contributed by atoms with E-state index < -0.39 is 8.07 Å². The summed E-state index contributed by atoms with van der Waals surface area (Å²) in [5, 5.41) is 3.37. The number of rotatable bonds is 6. The van der Waals surface area contributed by atoms with Crippen LogP contribution < -0.4 is 0 Å². The van der Waals surface area contributed by atoms with Crippen molar-refractivity contribution in [1.29, 1.82) is 0 Å². The van der Waals surface area contributed by atoms with E-state index in [1.165, 1.54) is 6.04 Å². The van der Waals surface area contributed by atoms with Gasteiger partial charge in [0.25, 0.3) is 0 Å². The Morgan fingerprint density at radius 2 is 2.00 bits per heavy atom. The normalized spacial score (nSPS) is 10.9. The Morgan fingerprint density at radius 1 is 1.33 bits per heavy atom. The minimum atomic E-state index is -0.954. The molecule has 5 heteroatoms. The van der Waals surface area contributed by atoms with Crippen molar-refractivity contribution in [3.8, 4) is 0 Å². The molecule has 0 aliphatic rings. The number of ether oxygens (including phenoxy) is 1. The van der Waals surface area contributed by atoms with Crippen LogP contribution in [0.4, 0.5) is 0 Å². The highest BCUT2D eigenvalue weighted by atomic mass is 28.3. The van der Waals surface area contributed by atoms with Gasteiger partial charge in [-0.05, 0) is 11.6 Å². The molecule has 0 aliphatic heterocycles. The van der Waals surface area contributed by atoms with E-state index in [4.69, 9.17) is 10.3 Å². The summed E-state index contributed by atoms with van der Waals surface area (Å²) in [6.45, 7) is 8.73. The molecule has 0 amide bonds. The largest absolute Gasteiger partial charge is 0.382 e. The van der Waals surface area contributed by atoms with Gasteiger partial charge in [-0.25, -0.2) is 0 Å². The van der Waals surface area contributed by atoms with Gasteiger partial charge in [0.15, 0.2) is 0 Å². The van der Waals surface area contributed by atoms with E-state index >= 15 is 0 Å². The molecule has 0 aromatic rings. The molecule has 0 rings (SSSR count). The maximum Gasteiger partial charge on any atom is 0.0522 e. The lowest BCUT2D eigenvalue weighted by Gasteiger charge is -2.14. The molecule has 0 N–H and O–H groups in total. The summed E-state index contributed by atoms with van der Waals surface area (Å²) in [5.74, 6) is 0. The lowest BCUT2D eigenvalue weighted by molar-refractivity contribution is 0.154. The number of nitrogens with zero attached hydrogens (tertiary/aromatic N) is 3. The van der Waals surface area contributed by atoms with Crippen molar-refractivity contribution in [2.45, 2.75) is 25.7 Å². The van der Waals surface area contributed by atoms with Crippen LogP contribution in [0.25, 0.3) is 10.4 Å². The van der Waals surface area contributed by atoms with Gasteiger partial charge >= 0.3 is 0 Å². The van der Waals surface area contributed by atoms with Crippen LogP contribution in [0.2, 0.25) is 25.7 Å². The summed E-state index contributed by atoms with van der Waals surface area (Å²) in [4.78, 5) is 2.64. The fourth-order valence-electron chi connectivity index (χ4n) is 0.631. The third kappa shape index (κ3) is 9.49. The zero-order chi connectivity index (χ0) is 9.45. The predicted octanol–water partition coefficient (Wildman–Crippen LogP) is 2.65. The molecule has 0 bridgehead atoms. The Balaban J connectivity index is 3.16. The van der Waals surface area contributed by atoms with Gasteiger partial charge < -0.3 is 4.74 Å². The van der Waals surface area contributed by atoms with Gasteiger partial charge in [0.05, 0.1) is 6.61 Å². The van der Waals surface area contributed by atoms with Gasteiger partial charge in [-0.15, -0.1) is 0 Å². The number of hydrogen-bond donors (Lipinski definition) is 0. The van der Waals surface area contributed by atoms with Gasteiger partial charge in [0.1, 0.15) is 0 Å². The van der Waals surface area contributed by atoms with Crippen LogP contribution >= 0.6 is 0 Å².